The van der Waals surface area contributed by atoms with E-state index in [1.165, 1.54) is 19.3 Å². The van der Waals surface area contributed by atoms with E-state index in [0.29, 0.717) is 6.04 Å². The van der Waals surface area contributed by atoms with Crippen molar-refractivity contribution in [2.75, 3.05) is 26.9 Å². The molecule has 1 saturated heterocycles. The van der Waals surface area contributed by atoms with Gasteiger partial charge < -0.3 is 14.8 Å². The van der Waals surface area contributed by atoms with E-state index in [9.17, 15) is 0 Å². The van der Waals surface area contributed by atoms with E-state index in [0.717, 1.165) is 38.5 Å². The molecule has 0 aromatic rings. The van der Waals surface area contributed by atoms with Gasteiger partial charge in [-0.3, -0.25) is 0 Å². The average Bonchev–Trinajstić information content (AvgIpc) is 2.27. The fourth-order valence-corrected chi connectivity index (χ4v) is 3.13. The zero-order chi connectivity index (χ0) is 11.4. The highest BCUT2D eigenvalue weighted by Gasteiger charge is 2.45. The third-order valence-corrected chi connectivity index (χ3v) is 4.36. The third-order valence-electron chi connectivity index (χ3n) is 4.36. The van der Waals surface area contributed by atoms with Gasteiger partial charge in [-0.1, -0.05) is 13.3 Å². The molecule has 1 N–H and O–H groups in total. The van der Waals surface area contributed by atoms with Gasteiger partial charge in [-0.05, 0) is 25.3 Å². The highest BCUT2D eigenvalue weighted by Crippen LogP contribution is 2.39. The van der Waals surface area contributed by atoms with Crippen LogP contribution in [0.4, 0.5) is 0 Å². The summed E-state index contributed by atoms with van der Waals surface area (Å²) in [6, 6.07) is 0.528. The molecule has 16 heavy (non-hydrogen) atoms. The third kappa shape index (κ3) is 2.27. The largest absolute Gasteiger partial charge is 0.381 e. The molecule has 1 atom stereocenters. The Morgan fingerprint density at radius 2 is 2.06 bits per heavy atom. The Morgan fingerprint density at radius 3 is 2.50 bits per heavy atom. The number of methoxy groups -OCH3 is 1. The number of hydrogen-bond donors (Lipinski definition) is 1. The lowest BCUT2D eigenvalue weighted by atomic mass is 9.70. The molecule has 0 radical (unpaired) electrons. The van der Waals surface area contributed by atoms with E-state index in [1.54, 1.807) is 0 Å². The highest BCUT2D eigenvalue weighted by molar-refractivity contribution is 5.00. The zero-order valence-corrected chi connectivity index (χ0v) is 10.6. The van der Waals surface area contributed by atoms with Crippen molar-refractivity contribution in [3.05, 3.63) is 0 Å². The molecule has 0 aromatic carbocycles. The van der Waals surface area contributed by atoms with Crippen molar-refractivity contribution in [2.24, 2.45) is 5.92 Å². The first-order valence-electron chi connectivity index (χ1n) is 6.68. The molecule has 1 aliphatic heterocycles. The van der Waals surface area contributed by atoms with Crippen LogP contribution in [0.3, 0.4) is 0 Å². The number of ether oxygens (including phenoxy) is 2. The van der Waals surface area contributed by atoms with Gasteiger partial charge in [0, 0.05) is 39.2 Å². The summed E-state index contributed by atoms with van der Waals surface area (Å²) < 4.78 is 11.4. The number of rotatable bonds is 5. The summed E-state index contributed by atoms with van der Waals surface area (Å²) in [6.45, 7) is 4.92. The van der Waals surface area contributed by atoms with Gasteiger partial charge in [0.15, 0.2) is 0 Å². The summed E-state index contributed by atoms with van der Waals surface area (Å²) in [7, 11) is 1.87. The SMILES string of the molecule is CCNC(C1CCC1)C1(OC)CCOCC1. The van der Waals surface area contributed by atoms with Crippen molar-refractivity contribution >= 4 is 0 Å². The maximum absolute atomic E-state index is 5.91. The average molecular weight is 227 g/mol. The van der Waals surface area contributed by atoms with Gasteiger partial charge in [-0.2, -0.15) is 0 Å². The first-order valence-corrected chi connectivity index (χ1v) is 6.68. The predicted molar refractivity (Wildman–Crippen MR) is 64.6 cm³/mol. The minimum Gasteiger partial charge on any atom is -0.381 e. The Bertz CT molecular complexity index is 210. The first-order chi connectivity index (χ1) is 7.82. The Kier molecular flexibility index (Phi) is 4.22. The number of likely N-dealkylation sites (N-methyl/N-ethyl adjacent to an activating group) is 1. The smallest absolute Gasteiger partial charge is 0.0877 e. The van der Waals surface area contributed by atoms with Crippen molar-refractivity contribution in [3.8, 4) is 0 Å². The Balaban J connectivity index is 2.07. The summed E-state index contributed by atoms with van der Waals surface area (Å²) in [5, 5.41) is 3.67. The predicted octanol–water partition coefficient (Wildman–Crippen LogP) is 1.96. The maximum atomic E-state index is 5.91. The quantitative estimate of drug-likeness (QED) is 0.779. The van der Waals surface area contributed by atoms with Crippen molar-refractivity contribution in [2.45, 2.75) is 50.7 Å². The second-order valence-electron chi connectivity index (χ2n) is 5.11. The van der Waals surface area contributed by atoms with E-state index in [1.807, 2.05) is 7.11 Å². The molecule has 0 bridgehead atoms. The summed E-state index contributed by atoms with van der Waals surface area (Å²) in [5.41, 5.74) is 0.0271. The molecule has 94 valence electrons. The molecule has 1 heterocycles. The molecular formula is C13H25NO2. The summed E-state index contributed by atoms with van der Waals surface area (Å²) >= 11 is 0. The first kappa shape index (κ1) is 12.3. The molecule has 0 spiro atoms. The van der Waals surface area contributed by atoms with Gasteiger partial charge in [0.2, 0.25) is 0 Å². The molecule has 2 rings (SSSR count). The van der Waals surface area contributed by atoms with Gasteiger partial charge in [0.05, 0.1) is 5.60 Å². The van der Waals surface area contributed by atoms with E-state index in [2.05, 4.69) is 12.2 Å². The maximum Gasteiger partial charge on any atom is 0.0877 e. The Hall–Kier alpha value is -0.120. The van der Waals surface area contributed by atoms with Crippen LogP contribution in [-0.2, 0) is 9.47 Å². The van der Waals surface area contributed by atoms with E-state index < -0.39 is 0 Å². The van der Waals surface area contributed by atoms with E-state index in [4.69, 9.17) is 9.47 Å². The van der Waals surface area contributed by atoms with Crippen LogP contribution in [0.25, 0.3) is 0 Å². The molecule has 1 unspecified atom stereocenters. The monoisotopic (exact) mass is 227 g/mol. The minimum absolute atomic E-state index is 0.0271. The Morgan fingerprint density at radius 1 is 1.38 bits per heavy atom. The number of nitrogens with one attached hydrogen (secondary N) is 1. The van der Waals surface area contributed by atoms with Crippen LogP contribution in [-0.4, -0.2) is 38.5 Å². The highest BCUT2D eigenvalue weighted by atomic mass is 16.5. The van der Waals surface area contributed by atoms with Crippen LogP contribution in [0, 0.1) is 5.92 Å². The molecule has 2 fully saturated rings. The van der Waals surface area contributed by atoms with Gasteiger partial charge >= 0.3 is 0 Å². The topological polar surface area (TPSA) is 30.5 Å². The molecule has 0 amide bonds. The van der Waals surface area contributed by atoms with Crippen LogP contribution in [0.1, 0.15) is 39.0 Å². The molecule has 1 saturated carbocycles. The van der Waals surface area contributed by atoms with Crippen molar-refractivity contribution < 1.29 is 9.47 Å². The second kappa shape index (κ2) is 5.48. The van der Waals surface area contributed by atoms with Crippen LogP contribution in [0.2, 0.25) is 0 Å². The van der Waals surface area contributed by atoms with Crippen LogP contribution in [0.15, 0.2) is 0 Å². The zero-order valence-electron chi connectivity index (χ0n) is 10.6. The number of hydrogen-bond acceptors (Lipinski definition) is 3. The van der Waals surface area contributed by atoms with Crippen LogP contribution in [0.5, 0.6) is 0 Å². The standard InChI is InChI=1S/C13H25NO2/c1-3-14-12(11-5-4-6-11)13(15-2)7-9-16-10-8-13/h11-12,14H,3-10H2,1-2H3. The molecule has 0 aromatic heterocycles. The van der Waals surface area contributed by atoms with E-state index in [-0.39, 0.29) is 5.60 Å². The normalized spacial score (nSPS) is 27.4. The van der Waals surface area contributed by atoms with Crippen molar-refractivity contribution in [1.82, 2.24) is 5.32 Å². The van der Waals surface area contributed by atoms with Crippen LogP contribution < -0.4 is 5.32 Å². The fourth-order valence-electron chi connectivity index (χ4n) is 3.13. The summed E-state index contributed by atoms with van der Waals surface area (Å²) in [6.07, 6.45) is 6.20. The van der Waals surface area contributed by atoms with Gasteiger partial charge in [-0.25, -0.2) is 0 Å². The van der Waals surface area contributed by atoms with Crippen LogP contribution >= 0.6 is 0 Å². The second-order valence-corrected chi connectivity index (χ2v) is 5.11. The molecule has 1 aliphatic carbocycles. The summed E-state index contributed by atoms with van der Waals surface area (Å²) in [5.74, 6) is 0.818. The van der Waals surface area contributed by atoms with Crippen molar-refractivity contribution in [1.29, 1.82) is 0 Å². The minimum atomic E-state index is 0.0271. The van der Waals surface area contributed by atoms with E-state index >= 15 is 0 Å². The Labute approximate surface area is 98.9 Å². The fraction of sp³-hybridized carbons (Fsp3) is 1.00. The molecular weight excluding hydrogens is 202 g/mol. The van der Waals surface area contributed by atoms with Gasteiger partial charge in [0.25, 0.3) is 0 Å². The molecule has 2 aliphatic rings. The molecule has 3 heteroatoms. The van der Waals surface area contributed by atoms with Gasteiger partial charge in [0.1, 0.15) is 0 Å². The lowest BCUT2D eigenvalue weighted by Crippen LogP contribution is -2.59. The lowest BCUT2D eigenvalue weighted by molar-refractivity contribution is -0.126. The van der Waals surface area contributed by atoms with Crippen molar-refractivity contribution in [3.63, 3.8) is 0 Å². The summed E-state index contributed by atoms with van der Waals surface area (Å²) in [4.78, 5) is 0. The van der Waals surface area contributed by atoms with Gasteiger partial charge in [-0.15, -0.1) is 0 Å². The molecule has 3 nitrogen and oxygen atoms in total. The lowest BCUT2D eigenvalue weighted by Gasteiger charge is -2.48.